The van der Waals surface area contributed by atoms with Crippen LogP contribution in [0, 0.1) is 23.2 Å². The third-order valence-corrected chi connectivity index (χ3v) is 8.01. The molecule has 3 heterocycles. The zero-order valence-corrected chi connectivity index (χ0v) is 15.0. The van der Waals surface area contributed by atoms with E-state index < -0.39 is 6.09 Å². The Morgan fingerprint density at radius 3 is 2.63 bits per heavy atom. The Bertz CT molecular complexity index is 924. The number of likely N-dealkylation sites (tertiary alicyclic amines) is 1. The summed E-state index contributed by atoms with van der Waals surface area (Å²) in [5, 5.41) is 20.8. The van der Waals surface area contributed by atoms with Crippen LogP contribution in [0.3, 0.4) is 0 Å². The van der Waals surface area contributed by atoms with Crippen LogP contribution in [-0.4, -0.2) is 50.0 Å². The molecule has 1 aromatic heterocycles. The molecule has 1 aromatic carbocycles. The molecular formula is C21H23N3O3. The fraction of sp³-hybridized carbons (Fsp3) is 0.524. The van der Waals surface area contributed by atoms with Crippen LogP contribution < -0.4 is 0 Å². The van der Waals surface area contributed by atoms with Gasteiger partial charge in [-0.15, -0.1) is 0 Å². The molecule has 6 heteroatoms. The van der Waals surface area contributed by atoms with Crippen molar-refractivity contribution in [1.82, 2.24) is 14.5 Å². The number of piperidine rings is 1. The first-order valence-electron chi connectivity index (χ1n) is 9.88. The molecule has 2 bridgehead atoms. The molecule has 6 nitrogen and oxygen atoms in total. The maximum Gasteiger partial charge on any atom is 0.407 e. The number of aromatic nitrogens is 2. The summed E-state index contributed by atoms with van der Waals surface area (Å²) < 4.78 is 2.22. The van der Waals surface area contributed by atoms with Gasteiger partial charge in [0.15, 0.2) is 0 Å². The van der Waals surface area contributed by atoms with Crippen molar-refractivity contribution in [1.29, 1.82) is 0 Å². The Hall–Kier alpha value is -2.34. The number of benzene rings is 1. The zero-order chi connectivity index (χ0) is 18.3. The number of hydrogen-bond donors (Lipinski definition) is 2. The second kappa shape index (κ2) is 5.13. The molecule has 3 fully saturated rings. The van der Waals surface area contributed by atoms with Crippen molar-refractivity contribution in [2.45, 2.75) is 31.4 Å². The van der Waals surface area contributed by atoms with E-state index in [1.807, 2.05) is 12.5 Å². The lowest BCUT2D eigenvalue weighted by atomic mass is 9.48. The van der Waals surface area contributed by atoms with Gasteiger partial charge in [0, 0.05) is 30.0 Å². The second-order valence-electron chi connectivity index (χ2n) is 8.80. The predicted octanol–water partition coefficient (Wildman–Crippen LogP) is 2.84. The van der Waals surface area contributed by atoms with Gasteiger partial charge in [-0.1, -0.05) is 24.3 Å². The van der Waals surface area contributed by atoms with Gasteiger partial charge < -0.3 is 19.7 Å². The minimum absolute atomic E-state index is 0.0884. The van der Waals surface area contributed by atoms with Crippen LogP contribution in [0.2, 0.25) is 0 Å². The summed E-state index contributed by atoms with van der Waals surface area (Å²) in [6.07, 6.45) is 5.66. The summed E-state index contributed by atoms with van der Waals surface area (Å²) in [6, 6.07) is 8.57. The van der Waals surface area contributed by atoms with E-state index in [-0.39, 0.29) is 35.3 Å². The molecule has 2 aromatic rings. The molecular weight excluding hydrogens is 342 g/mol. The standard InChI is InChI=1S/C21H23N3O3/c25-19-16(7-21(19)12-5-6-13(21)10-23(9-12)20(26)27)18-15-4-2-1-3-14(15)17-8-22-11-24(17)18/h1-4,8,11-13,16,18-19,25H,5-7,9-10H2,(H,26,27)/t12?,13?,16-,18+,19-,21?/m0/s1. The summed E-state index contributed by atoms with van der Waals surface area (Å²) >= 11 is 0. The molecule has 2 aliphatic carbocycles. The van der Waals surface area contributed by atoms with Crippen molar-refractivity contribution in [2.75, 3.05) is 13.1 Å². The quantitative estimate of drug-likeness (QED) is 0.815. The van der Waals surface area contributed by atoms with Gasteiger partial charge in [-0.05, 0) is 36.7 Å². The van der Waals surface area contributed by atoms with E-state index in [2.05, 4.69) is 33.8 Å². The maximum atomic E-state index is 11.4. The maximum absolute atomic E-state index is 11.4. The highest BCUT2D eigenvalue weighted by molar-refractivity contribution is 5.69. The lowest BCUT2D eigenvalue weighted by Crippen LogP contribution is -2.65. The summed E-state index contributed by atoms with van der Waals surface area (Å²) in [6.45, 7) is 1.15. The molecule has 2 aliphatic heterocycles. The van der Waals surface area contributed by atoms with Gasteiger partial charge in [-0.25, -0.2) is 9.78 Å². The van der Waals surface area contributed by atoms with Gasteiger partial charge in [-0.3, -0.25) is 0 Å². The smallest absolute Gasteiger partial charge is 0.407 e. The van der Waals surface area contributed by atoms with E-state index in [0.717, 1.165) is 25.0 Å². The molecule has 2 unspecified atom stereocenters. The van der Waals surface area contributed by atoms with E-state index in [1.54, 1.807) is 4.90 Å². The van der Waals surface area contributed by atoms with Crippen LogP contribution in [0.1, 0.15) is 30.9 Å². The number of hydrogen-bond acceptors (Lipinski definition) is 3. The lowest BCUT2D eigenvalue weighted by Gasteiger charge is -2.61. The molecule has 5 atom stereocenters. The van der Waals surface area contributed by atoms with Crippen molar-refractivity contribution < 1.29 is 15.0 Å². The number of rotatable bonds is 1. The van der Waals surface area contributed by atoms with Gasteiger partial charge in [0.05, 0.1) is 30.4 Å². The van der Waals surface area contributed by atoms with Gasteiger partial charge >= 0.3 is 6.09 Å². The summed E-state index contributed by atoms with van der Waals surface area (Å²) in [5.41, 5.74) is 3.54. The molecule has 4 aliphatic rings. The van der Waals surface area contributed by atoms with Gasteiger partial charge in [0.1, 0.15) is 0 Å². The molecule has 27 heavy (non-hydrogen) atoms. The highest BCUT2D eigenvalue weighted by atomic mass is 16.4. The molecule has 140 valence electrons. The summed E-state index contributed by atoms with van der Waals surface area (Å²) in [4.78, 5) is 17.3. The first-order chi connectivity index (χ1) is 13.1. The minimum Gasteiger partial charge on any atom is -0.465 e. The van der Waals surface area contributed by atoms with E-state index in [0.29, 0.717) is 13.1 Å². The lowest BCUT2D eigenvalue weighted by molar-refractivity contribution is -0.193. The number of imidazole rings is 1. The molecule has 6 rings (SSSR count). The summed E-state index contributed by atoms with van der Waals surface area (Å²) in [5.74, 6) is 0.746. The first-order valence-corrected chi connectivity index (χ1v) is 9.88. The van der Waals surface area contributed by atoms with E-state index in [9.17, 15) is 15.0 Å². The molecule has 2 N–H and O–H groups in total. The highest BCUT2D eigenvalue weighted by Crippen LogP contribution is 2.67. The average Bonchev–Trinajstić information content (AvgIpc) is 3.30. The van der Waals surface area contributed by atoms with Crippen LogP contribution in [0.5, 0.6) is 0 Å². The van der Waals surface area contributed by atoms with Crippen LogP contribution in [0.4, 0.5) is 4.79 Å². The number of fused-ring (bicyclic) bond motifs is 3. The number of nitrogens with zero attached hydrogens (tertiary/aromatic N) is 3. The number of carbonyl (C=O) groups is 1. The molecule has 1 amide bonds. The topological polar surface area (TPSA) is 78.6 Å². The zero-order valence-electron chi connectivity index (χ0n) is 15.0. The van der Waals surface area contributed by atoms with Crippen LogP contribution in [0.15, 0.2) is 36.8 Å². The Labute approximate surface area is 157 Å². The fourth-order valence-corrected chi connectivity index (χ4v) is 6.85. The number of aliphatic hydroxyl groups excluding tert-OH is 1. The third-order valence-electron chi connectivity index (χ3n) is 8.01. The van der Waals surface area contributed by atoms with Crippen LogP contribution in [-0.2, 0) is 0 Å². The second-order valence-corrected chi connectivity index (χ2v) is 8.80. The third kappa shape index (κ3) is 1.79. The Balaban J connectivity index is 1.34. The Morgan fingerprint density at radius 2 is 1.93 bits per heavy atom. The fourth-order valence-electron chi connectivity index (χ4n) is 6.85. The monoisotopic (exact) mass is 365 g/mol. The van der Waals surface area contributed by atoms with Crippen molar-refractivity contribution in [3.05, 3.63) is 42.4 Å². The predicted molar refractivity (Wildman–Crippen MR) is 98.2 cm³/mol. The van der Waals surface area contributed by atoms with Crippen LogP contribution in [0.25, 0.3) is 11.3 Å². The van der Waals surface area contributed by atoms with Crippen LogP contribution >= 0.6 is 0 Å². The Morgan fingerprint density at radius 1 is 1.19 bits per heavy atom. The van der Waals surface area contributed by atoms with E-state index in [1.165, 1.54) is 11.1 Å². The number of aliphatic hydroxyl groups is 1. The minimum atomic E-state index is -0.820. The molecule has 0 radical (unpaired) electrons. The number of carboxylic acid groups (broad SMARTS) is 1. The van der Waals surface area contributed by atoms with Crippen molar-refractivity contribution in [3.8, 4) is 11.3 Å². The average molecular weight is 365 g/mol. The Kier molecular flexibility index (Phi) is 2.98. The normalized spacial score (nSPS) is 38.6. The van der Waals surface area contributed by atoms with Gasteiger partial charge in [0.25, 0.3) is 0 Å². The highest BCUT2D eigenvalue weighted by Gasteiger charge is 2.67. The largest absolute Gasteiger partial charge is 0.465 e. The van der Waals surface area contributed by atoms with Crippen molar-refractivity contribution in [2.24, 2.45) is 23.2 Å². The molecule has 1 spiro atoms. The molecule has 1 saturated heterocycles. The SMILES string of the molecule is O=C(O)N1CC2CCC(C1)C21C[C@@H]([C@H]2c3ccccc3-c3cncn32)[C@@H]1O. The van der Waals surface area contributed by atoms with Crippen molar-refractivity contribution >= 4 is 6.09 Å². The van der Waals surface area contributed by atoms with Gasteiger partial charge in [0.2, 0.25) is 0 Å². The summed E-state index contributed by atoms with van der Waals surface area (Å²) in [7, 11) is 0. The first kappa shape index (κ1) is 15.7. The van der Waals surface area contributed by atoms with E-state index >= 15 is 0 Å². The van der Waals surface area contributed by atoms with E-state index in [4.69, 9.17) is 0 Å². The molecule has 2 saturated carbocycles. The van der Waals surface area contributed by atoms with Gasteiger partial charge in [-0.2, -0.15) is 0 Å². The number of amides is 1. The van der Waals surface area contributed by atoms with Crippen molar-refractivity contribution in [3.63, 3.8) is 0 Å².